The van der Waals surface area contributed by atoms with Gasteiger partial charge in [-0.05, 0) is 19.1 Å². The van der Waals surface area contributed by atoms with E-state index in [0.717, 1.165) is 11.6 Å². The minimum absolute atomic E-state index is 0.0720. The number of nitro groups is 1. The lowest BCUT2D eigenvalue weighted by Gasteiger charge is -2.24. The number of hydrogen-bond donors (Lipinski definition) is 0. The number of ether oxygens (including phenoxy) is 1. The summed E-state index contributed by atoms with van der Waals surface area (Å²) in [5.41, 5.74) is 0.987. The molecule has 0 bridgehead atoms. The summed E-state index contributed by atoms with van der Waals surface area (Å²) in [4.78, 5) is 10.5. The third-order valence-corrected chi connectivity index (χ3v) is 7.47. The Hall–Kier alpha value is -2.10. The fraction of sp³-hybridized carbons (Fsp3) is 0.294. The predicted octanol–water partition coefficient (Wildman–Crippen LogP) is 3.35. The second-order valence-corrected chi connectivity index (χ2v) is 8.86. The maximum atomic E-state index is 13.2. The molecule has 138 valence electrons. The van der Waals surface area contributed by atoms with E-state index in [1.807, 2.05) is 18.2 Å². The molecule has 1 aliphatic rings. The van der Waals surface area contributed by atoms with Crippen molar-refractivity contribution in [2.24, 2.45) is 0 Å². The monoisotopic (exact) mass is 394 g/mol. The van der Waals surface area contributed by atoms with Gasteiger partial charge in [0.2, 0.25) is 10.0 Å². The highest BCUT2D eigenvalue weighted by Crippen LogP contribution is 2.44. The lowest BCUT2D eigenvalue weighted by Crippen LogP contribution is -2.30. The van der Waals surface area contributed by atoms with E-state index >= 15 is 0 Å². The second-order valence-electron chi connectivity index (χ2n) is 5.79. The van der Waals surface area contributed by atoms with Gasteiger partial charge in [0, 0.05) is 29.5 Å². The van der Waals surface area contributed by atoms with E-state index in [1.54, 1.807) is 20.1 Å². The van der Waals surface area contributed by atoms with Crippen LogP contribution in [0.4, 0.5) is 5.69 Å². The minimum atomic E-state index is -3.88. The second kappa shape index (κ2) is 7.26. The Morgan fingerprint density at radius 3 is 2.69 bits per heavy atom. The molecule has 7 nitrogen and oxygen atoms in total. The first kappa shape index (κ1) is 18.7. The summed E-state index contributed by atoms with van der Waals surface area (Å²) < 4.78 is 33.1. The van der Waals surface area contributed by atoms with Crippen LogP contribution in [0.15, 0.2) is 47.4 Å². The van der Waals surface area contributed by atoms with E-state index in [4.69, 9.17) is 4.74 Å². The number of para-hydroxylation sites is 1. The van der Waals surface area contributed by atoms with Gasteiger partial charge in [0.05, 0.1) is 22.3 Å². The quantitative estimate of drug-likeness (QED) is 0.571. The van der Waals surface area contributed by atoms with Gasteiger partial charge >= 0.3 is 0 Å². The van der Waals surface area contributed by atoms with Crippen LogP contribution < -0.4 is 4.74 Å². The van der Waals surface area contributed by atoms with E-state index in [1.165, 1.54) is 28.2 Å². The molecule has 1 atom stereocenters. The molecular formula is C17H18N2O5S2. The van der Waals surface area contributed by atoms with E-state index in [9.17, 15) is 18.5 Å². The maximum Gasteiger partial charge on any atom is 0.273 e. The van der Waals surface area contributed by atoms with Gasteiger partial charge in [-0.2, -0.15) is 4.31 Å². The van der Waals surface area contributed by atoms with Crippen molar-refractivity contribution in [2.75, 3.05) is 19.4 Å². The zero-order valence-electron chi connectivity index (χ0n) is 14.3. The third-order valence-electron chi connectivity index (χ3n) is 4.24. The maximum absolute atomic E-state index is 13.2. The number of nitro benzene ring substituents is 1. The molecule has 0 N–H and O–H groups in total. The van der Waals surface area contributed by atoms with Gasteiger partial charge in [-0.15, -0.1) is 11.8 Å². The molecule has 26 heavy (non-hydrogen) atoms. The average Bonchev–Trinajstić information content (AvgIpc) is 3.12. The van der Waals surface area contributed by atoms with Crippen molar-refractivity contribution in [3.05, 3.63) is 63.7 Å². The van der Waals surface area contributed by atoms with Gasteiger partial charge < -0.3 is 4.74 Å². The first-order valence-electron chi connectivity index (χ1n) is 7.87. The molecule has 0 aromatic heterocycles. The zero-order chi connectivity index (χ0) is 18.9. The number of sulfonamides is 1. The van der Waals surface area contributed by atoms with Gasteiger partial charge in [-0.1, -0.05) is 24.3 Å². The highest BCUT2D eigenvalue weighted by atomic mass is 32.2. The molecule has 1 saturated heterocycles. The molecule has 1 heterocycles. The van der Waals surface area contributed by atoms with Gasteiger partial charge in [0.15, 0.2) is 0 Å². The number of nitrogens with zero attached hydrogens (tertiary/aromatic N) is 2. The van der Waals surface area contributed by atoms with E-state index in [0.29, 0.717) is 23.6 Å². The van der Waals surface area contributed by atoms with Crippen molar-refractivity contribution in [1.82, 2.24) is 4.31 Å². The van der Waals surface area contributed by atoms with Crippen LogP contribution >= 0.6 is 11.8 Å². The molecule has 2 aromatic carbocycles. The Balaban J connectivity index is 2.04. The molecule has 2 aromatic rings. The van der Waals surface area contributed by atoms with Crippen LogP contribution in [0.2, 0.25) is 0 Å². The summed E-state index contributed by atoms with van der Waals surface area (Å²) in [6.07, 6.45) is 0. The number of methoxy groups -OCH3 is 1. The number of hydrogen-bond acceptors (Lipinski definition) is 6. The van der Waals surface area contributed by atoms with E-state index in [-0.39, 0.29) is 10.6 Å². The third kappa shape index (κ3) is 3.29. The van der Waals surface area contributed by atoms with Crippen molar-refractivity contribution in [2.45, 2.75) is 17.2 Å². The molecule has 1 aliphatic heterocycles. The van der Waals surface area contributed by atoms with Crippen LogP contribution in [-0.4, -0.2) is 37.1 Å². The average molecular weight is 394 g/mol. The molecule has 1 fully saturated rings. The van der Waals surface area contributed by atoms with Crippen molar-refractivity contribution in [3.8, 4) is 5.75 Å². The first-order valence-corrected chi connectivity index (χ1v) is 10.4. The Labute approximate surface area is 156 Å². The SMILES string of the molecule is COc1ccccc1C1SCCN1S(=O)(=O)c1ccc(C)c([N+](=O)[O-])c1. The van der Waals surface area contributed by atoms with Crippen LogP contribution in [0.3, 0.4) is 0 Å². The number of thioether (sulfide) groups is 1. The number of benzene rings is 2. The molecular weight excluding hydrogens is 376 g/mol. The summed E-state index contributed by atoms with van der Waals surface area (Å²) in [7, 11) is -2.34. The lowest BCUT2D eigenvalue weighted by atomic mass is 10.2. The first-order chi connectivity index (χ1) is 12.4. The van der Waals surface area contributed by atoms with Crippen LogP contribution in [0.25, 0.3) is 0 Å². The normalized spacial score (nSPS) is 18.0. The summed E-state index contributed by atoms with van der Waals surface area (Å²) in [6, 6.07) is 11.3. The summed E-state index contributed by atoms with van der Waals surface area (Å²) in [6.45, 7) is 1.91. The molecule has 0 saturated carbocycles. The van der Waals surface area contributed by atoms with Gasteiger partial charge in [0.1, 0.15) is 5.75 Å². The van der Waals surface area contributed by atoms with Crippen LogP contribution in [0.5, 0.6) is 5.75 Å². The van der Waals surface area contributed by atoms with Gasteiger partial charge in [0.25, 0.3) is 5.69 Å². The fourth-order valence-corrected chi connectivity index (χ4v) is 6.18. The Morgan fingerprint density at radius 2 is 2.00 bits per heavy atom. The summed E-state index contributed by atoms with van der Waals surface area (Å²) in [5, 5.41) is 10.7. The molecule has 1 unspecified atom stereocenters. The lowest BCUT2D eigenvalue weighted by molar-refractivity contribution is -0.385. The topological polar surface area (TPSA) is 89.8 Å². The molecule has 0 aliphatic carbocycles. The molecule has 9 heteroatoms. The standard InChI is InChI=1S/C17H18N2O5S2/c1-12-7-8-13(11-15(12)19(20)21)26(22,23)18-9-10-25-17(18)14-5-3-4-6-16(14)24-2/h3-8,11,17H,9-10H2,1-2H3. The van der Waals surface area contributed by atoms with Gasteiger partial charge in [-0.25, -0.2) is 8.42 Å². The van der Waals surface area contributed by atoms with Crippen molar-refractivity contribution in [1.29, 1.82) is 0 Å². The summed E-state index contributed by atoms with van der Waals surface area (Å²) in [5.74, 6) is 1.25. The molecule has 3 rings (SSSR count). The fourth-order valence-electron chi connectivity index (χ4n) is 2.90. The minimum Gasteiger partial charge on any atom is -0.496 e. The van der Waals surface area contributed by atoms with Crippen molar-refractivity contribution >= 4 is 27.5 Å². The van der Waals surface area contributed by atoms with Crippen molar-refractivity contribution in [3.63, 3.8) is 0 Å². The van der Waals surface area contributed by atoms with Crippen LogP contribution in [0.1, 0.15) is 16.5 Å². The Bertz CT molecular complexity index is 946. The van der Waals surface area contributed by atoms with Crippen molar-refractivity contribution < 1.29 is 18.1 Å². The van der Waals surface area contributed by atoms with Crippen LogP contribution in [-0.2, 0) is 10.0 Å². The molecule has 0 amide bonds. The number of rotatable bonds is 5. The smallest absolute Gasteiger partial charge is 0.273 e. The number of aryl methyl sites for hydroxylation is 1. The van der Waals surface area contributed by atoms with Gasteiger partial charge in [-0.3, -0.25) is 10.1 Å². The van der Waals surface area contributed by atoms with E-state index in [2.05, 4.69) is 0 Å². The zero-order valence-corrected chi connectivity index (χ0v) is 15.9. The molecule has 0 spiro atoms. The summed E-state index contributed by atoms with van der Waals surface area (Å²) >= 11 is 1.50. The molecule has 0 radical (unpaired) electrons. The highest BCUT2D eigenvalue weighted by Gasteiger charge is 2.38. The highest BCUT2D eigenvalue weighted by molar-refractivity contribution is 8.01. The Kier molecular flexibility index (Phi) is 5.22. The van der Waals surface area contributed by atoms with E-state index < -0.39 is 20.3 Å². The predicted molar refractivity (Wildman–Crippen MR) is 99.9 cm³/mol. The van der Waals surface area contributed by atoms with Crippen LogP contribution in [0, 0.1) is 17.0 Å². The Morgan fingerprint density at radius 1 is 1.27 bits per heavy atom. The largest absolute Gasteiger partial charge is 0.496 e.